The van der Waals surface area contributed by atoms with Gasteiger partial charge in [-0.1, -0.05) is 0 Å². The summed E-state index contributed by atoms with van der Waals surface area (Å²) in [5, 5.41) is 12.4. The molecule has 1 aromatic rings. The van der Waals surface area contributed by atoms with E-state index in [-0.39, 0.29) is 18.1 Å². The topological polar surface area (TPSA) is 70.0 Å². The number of amides is 1. The molecule has 17 heavy (non-hydrogen) atoms. The van der Waals surface area contributed by atoms with Crippen LogP contribution in [0.2, 0.25) is 0 Å². The van der Waals surface area contributed by atoms with Crippen LogP contribution in [-0.4, -0.2) is 11.7 Å². The number of carbonyl (C=O) groups excluding carboxylic acids is 2. The van der Waals surface area contributed by atoms with Crippen molar-refractivity contribution in [3.8, 4) is 6.07 Å². The lowest BCUT2D eigenvalue weighted by Gasteiger charge is -2.01. The lowest BCUT2D eigenvalue weighted by atomic mass is 10.1. The summed E-state index contributed by atoms with van der Waals surface area (Å²) in [5.41, 5.74) is 1.66. The second-order valence-electron chi connectivity index (χ2n) is 4.10. The summed E-state index contributed by atoms with van der Waals surface area (Å²) in [6, 6.07) is 2.15. The van der Waals surface area contributed by atoms with Gasteiger partial charge in [0.1, 0.15) is 16.9 Å². The van der Waals surface area contributed by atoms with E-state index in [1.165, 1.54) is 23.1 Å². The van der Waals surface area contributed by atoms with E-state index in [9.17, 15) is 9.59 Å². The van der Waals surface area contributed by atoms with E-state index in [2.05, 4.69) is 11.4 Å². The van der Waals surface area contributed by atoms with Gasteiger partial charge in [-0.05, 0) is 31.7 Å². The highest BCUT2D eigenvalue weighted by molar-refractivity contribution is 7.16. The summed E-state index contributed by atoms with van der Waals surface area (Å²) in [4.78, 5) is 23.5. The van der Waals surface area contributed by atoms with Gasteiger partial charge in [0.15, 0.2) is 0 Å². The molecule has 1 aliphatic rings. The lowest BCUT2D eigenvalue weighted by Crippen LogP contribution is -2.14. The monoisotopic (exact) mass is 248 g/mol. The van der Waals surface area contributed by atoms with Crippen LogP contribution in [0.15, 0.2) is 0 Å². The van der Waals surface area contributed by atoms with Crippen LogP contribution in [-0.2, 0) is 22.4 Å². The van der Waals surface area contributed by atoms with Crippen LogP contribution in [0.4, 0.5) is 5.00 Å². The van der Waals surface area contributed by atoms with Gasteiger partial charge in [-0.3, -0.25) is 9.59 Å². The van der Waals surface area contributed by atoms with Crippen LogP contribution < -0.4 is 5.32 Å². The van der Waals surface area contributed by atoms with Crippen LogP contribution >= 0.6 is 11.3 Å². The zero-order chi connectivity index (χ0) is 12.4. The number of rotatable bonds is 3. The summed E-state index contributed by atoms with van der Waals surface area (Å²) >= 11 is 1.46. The smallest absolute Gasteiger partial charge is 0.232 e. The Balaban J connectivity index is 2.20. The quantitative estimate of drug-likeness (QED) is 0.832. The van der Waals surface area contributed by atoms with Crippen molar-refractivity contribution < 1.29 is 9.59 Å². The molecule has 0 bridgehead atoms. The first-order chi connectivity index (χ1) is 8.11. The highest BCUT2D eigenvalue weighted by Crippen LogP contribution is 2.38. The number of anilines is 1. The number of hydrogen-bond donors (Lipinski definition) is 1. The molecule has 1 amide bonds. The molecule has 0 fully saturated rings. The van der Waals surface area contributed by atoms with E-state index in [0.29, 0.717) is 10.6 Å². The number of nitrogens with zero attached hydrogens (tertiary/aromatic N) is 1. The van der Waals surface area contributed by atoms with Crippen LogP contribution in [0.5, 0.6) is 0 Å². The first-order valence-corrected chi connectivity index (χ1v) is 6.27. The molecule has 1 aliphatic carbocycles. The van der Waals surface area contributed by atoms with Gasteiger partial charge in [0.25, 0.3) is 0 Å². The largest absolute Gasteiger partial charge is 0.316 e. The Morgan fingerprint density at radius 1 is 1.47 bits per heavy atom. The van der Waals surface area contributed by atoms with Crippen molar-refractivity contribution in [2.24, 2.45) is 0 Å². The number of nitriles is 1. The van der Waals surface area contributed by atoms with Crippen LogP contribution in [0, 0.1) is 11.3 Å². The second kappa shape index (κ2) is 4.68. The predicted octanol–water partition coefficient (Wildman–Crippen LogP) is 2.03. The zero-order valence-corrected chi connectivity index (χ0v) is 10.3. The molecule has 0 saturated heterocycles. The number of hydrogen-bond acceptors (Lipinski definition) is 4. The number of carbonyl (C=O) groups is 2. The normalized spacial score (nSPS) is 12.9. The van der Waals surface area contributed by atoms with Gasteiger partial charge in [-0.2, -0.15) is 5.26 Å². The van der Waals surface area contributed by atoms with Crippen molar-refractivity contribution in [1.82, 2.24) is 0 Å². The van der Waals surface area contributed by atoms with Crippen LogP contribution in [0.25, 0.3) is 0 Å². The summed E-state index contributed by atoms with van der Waals surface area (Å²) in [6.07, 6.45) is 2.85. The lowest BCUT2D eigenvalue weighted by molar-refractivity contribution is -0.124. The minimum atomic E-state index is -0.339. The summed E-state index contributed by atoms with van der Waals surface area (Å²) < 4.78 is 0. The van der Waals surface area contributed by atoms with E-state index in [4.69, 9.17) is 5.26 Å². The number of Topliss-reactive ketones (excluding diaryl/α,β-unsaturated/α-hetero) is 1. The summed E-state index contributed by atoms with van der Waals surface area (Å²) in [6.45, 7) is 1.37. The molecule has 2 rings (SSSR count). The number of aryl methyl sites for hydroxylation is 1. The third kappa shape index (κ3) is 2.37. The van der Waals surface area contributed by atoms with Gasteiger partial charge >= 0.3 is 0 Å². The van der Waals surface area contributed by atoms with E-state index in [0.717, 1.165) is 24.8 Å². The minimum absolute atomic E-state index is 0.132. The fourth-order valence-corrected chi connectivity index (χ4v) is 3.26. The maximum atomic E-state index is 11.5. The molecule has 0 saturated carbocycles. The van der Waals surface area contributed by atoms with Crippen molar-refractivity contribution >= 4 is 28.0 Å². The maximum Gasteiger partial charge on any atom is 0.232 e. The molecule has 4 nitrogen and oxygen atoms in total. The molecular weight excluding hydrogens is 236 g/mol. The predicted molar refractivity (Wildman–Crippen MR) is 65.0 cm³/mol. The molecule has 5 heteroatoms. The van der Waals surface area contributed by atoms with Gasteiger partial charge in [-0.15, -0.1) is 11.3 Å². The molecular formula is C12H12N2O2S. The molecule has 0 spiro atoms. The van der Waals surface area contributed by atoms with E-state index in [1.54, 1.807) is 0 Å². The summed E-state index contributed by atoms with van der Waals surface area (Å²) in [7, 11) is 0. The first-order valence-electron chi connectivity index (χ1n) is 5.45. The van der Waals surface area contributed by atoms with Crippen molar-refractivity contribution in [2.75, 3.05) is 5.32 Å². The Bertz CT molecular complexity index is 525. The molecule has 1 N–H and O–H groups in total. The number of thiophene rings is 1. The molecule has 0 unspecified atom stereocenters. The summed E-state index contributed by atoms with van der Waals surface area (Å²) in [5.74, 6) is -0.515. The molecule has 0 radical (unpaired) electrons. The second-order valence-corrected chi connectivity index (χ2v) is 5.21. The van der Waals surface area contributed by atoms with Crippen molar-refractivity contribution in [2.45, 2.75) is 32.6 Å². The SMILES string of the molecule is CC(=O)CC(=O)Nc1sc2c(c1C#N)CCC2. The first kappa shape index (κ1) is 11.8. The number of fused-ring (bicyclic) bond motifs is 1. The fourth-order valence-electron chi connectivity index (χ4n) is 2.01. The van der Waals surface area contributed by atoms with Crippen LogP contribution in [0.3, 0.4) is 0 Å². The van der Waals surface area contributed by atoms with Gasteiger partial charge in [0, 0.05) is 4.88 Å². The molecule has 88 valence electrons. The Kier molecular flexibility index (Phi) is 3.25. The molecule has 0 aliphatic heterocycles. The highest BCUT2D eigenvalue weighted by atomic mass is 32.1. The van der Waals surface area contributed by atoms with Gasteiger partial charge in [0.05, 0.1) is 12.0 Å². The molecule has 1 aromatic heterocycles. The fraction of sp³-hybridized carbons (Fsp3) is 0.417. The van der Waals surface area contributed by atoms with Gasteiger partial charge < -0.3 is 5.32 Å². The van der Waals surface area contributed by atoms with Crippen LogP contribution in [0.1, 0.15) is 35.8 Å². The average molecular weight is 248 g/mol. The molecule has 0 aromatic carbocycles. The van der Waals surface area contributed by atoms with Crippen molar-refractivity contribution in [3.63, 3.8) is 0 Å². The number of ketones is 1. The number of nitrogens with one attached hydrogen (secondary N) is 1. The van der Waals surface area contributed by atoms with Gasteiger partial charge in [0.2, 0.25) is 5.91 Å². The maximum absolute atomic E-state index is 11.5. The van der Waals surface area contributed by atoms with Gasteiger partial charge in [-0.25, -0.2) is 0 Å². The Hall–Kier alpha value is -1.67. The molecule has 1 heterocycles. The standard InChI is InChI=1S/C12H12N2O2S/c1-7(15)5-11(16)14-12-9(6-13)8-3-2-4-10(8)17-12/h2-5H2,1H3,(H,14,16). The third-order valence-corrected chi connectivity index (χ3v) is 3.90. The minimum Gasteiger partial charge on any atom is -0.316 e. The Morgan fingerprint density at radius 2 is 2.24 bits per heavy atom. The van der Waals surface area contributed by atoms with E-state index < -0.39 is 0 Å². The third-order valence-electron chi connectivity index (χ3n) is 2.70. The highest BCUT2D eigenvalue weighted by Gasteiger charge is 2.23. The van der Waals surface area contributed by atoms with Crippen molar-refractivity contribution in [1.29, 1.82) is 5.26 Å². The Morgan fingerprint density at radius 3 is 2.88 bits per heavy atom. The van der Waals surface area contributed by atoms with E-state index in [1.807, 2.05) is 0 Å². The van der Waals surface area contributed by atoms with E-state index >= 15 is 0 Å². The average Bonchev–Trinajstić information content (AvgIpc) is 2.75. The van der Waals surface area contributed by atoms with Crippen molar-refractivity contribution in [3.05, 3.63) is 16.0 Å². The zero-order valence-electron chi connectivity index (χ0n) is 9.50. The Labute approximate surface area is 103 Å². The molecule has 0 atom stereocenters.